The first-order valence-corrected chi connectivity index (χ1v) is 6.60. The van der Waals surface area contributed by atoms with Gasteiger partial charge in [-0.25, -0.2) is 4.85 Å². The molecular formula is C15H11BrN2O2. The highest BCUT2D eigenvalue weighted by atomic mass is 79.9. The van der Waals surface area contributed by atoms with E-state index in [4.69, 9.17) is 11.3 Å². The van der Waals surface area contributed by atoms with Crippen molar-refractivity contribution >= 4 is 33.2 Å². The van der Waals surface area contributed by atoms with Gasteiger partial charge in [-0.3, -0.25) is 4.79 Å². The van der Waals surface area contributed by atoms with Gasteiger partial charge in [-0.1, -0.05) is 28.1 Å². The number of carbonyl (C=O) groups excluding carboxylic acids is 1. The monoisotopic (exact) mass is 330 g/mol. The molecule has 2 aromatic carbocycles. The van der Waals surface area contributed by atoms with E-state index in [-0.39, 0.29) is 5.91 Å². The normalized spacial score (nSPS) is 9.65. The quantitative estimate of drug-likeness (QED) is 0.825. The zero-order valence-electron chi connectivity index (χ0n) is 10.7. The van der Waals surface area contributed by atoms with E-state index in [0.29, 0.717) is 22.9 Å². The van der Waals surface area contributed by atoms with Crippen LogP contribution in [0.4, 0.5) is 11.4 Å². The summed E-state index contributed by atoms with van der Waals surface area (Å²) in [5.74, 6) is 0.963. The Labute approximate surface area is 125 Å². The van der Waals surface area contributed by atoms with Gasteiger partial charge in [0.2, 0.25) is 11.6 Å². The third-order valence-corrected chi connectivity index (χ3v) is 2.94. The summed E-state index contributed by atoms with van der Waals surface area (Å²) in [5.41, 5.74) is 1.14. The van der Waals surface area contributed by atoms with Crippen molar-refractivity contribution < 1.29 is 9.53 Å². The first-order valence-electron chi connectivity index (χ1n) is 5.81. The maximum atomic E-state index is 10.9. The van der Waals surface area contributed by atoms with E-state index >= 15 is 0 Å². The van der Waals surface area contributed by atoms with Crippen LogP contribution in [0.5, 0.6) is 11.5 Å². The Kier molecular flexibility index (Phi) is 4.38. The first kappa shape index (κ1) is 14.1. The second-order valence-electron chi connectivity index (χ2n) is 4.03. The highest BCUT2D eigenvalue weighted by molar-refractivity contribution is 9.10. The van der Waals surface area contributed by atoms with Crippen LogP contribution in [0.25, 0.3) is 4.85 Å². The molecule has 2 aromatic rings. The van der Waals surface area contributed by atoms with Crippen LogP contribution < -0.4 is 10.1 Å². The van der Waals surface area contributed by atoms with Gasteiger partial charge in [0.1, 0.15) is 11.5 Å². The molecule has 0 saturated carbocycles. The van der Waals surface area contributed by atoms with Gasteiger partial charge in [0.05, 0.1) is 6.57 Å². The van der Waals surface area contributed by atoms with E-state index in [1.165, 1.54) is 6.92 Å². The molecule has 0 aliphatic carbocycles. The van der Waals surface area contributed by atoms with Gasteiger partial charge in [-0.15, -0.1) is 0 Å². The largest absolute Gasteiger partial charge is 0.468 e. The zero-order chi connectivity index (χ0) is 14.5. The Morgan fingerprint density at radius 1 is 1.25 bits per heavy atom. The molecule has 2 rings (SSSR count). The van der Waals surface area contributed by atoms with Crippen molar-refractivity contribution in [1.82, 2.24) is 0 Å². The van der Waals surface area contributed by atoms with E-state index in [9.17, 15) is 4.79 Å². The van der Waals surface area contributed by atoms with Gasteiger partial charge in [-0.05, 0) is 30.3 Å². The van der Waals surface area contributed by atoms with Crippen molar-refractivity contribution in [2.45, 2.75) is 6.92 Å². The number of rotatable bonds is 3. The minimum absolute atomic E-state index is 0.124. The summed E-state index contributed by atoms with van der Waals surface area (Å²) in [6.07, 6.45) is 0. The molecular weight excluding hydrogens is 320 g/mol. The molecule has 0 fully saturated rings. The van der Waals surface area contributed by atoms with Crippen molar-refractivity contribution in [3.8, 4) is 11.5 Å². The number of nitrogens with one attached hydrogen (secondary N) is 1. The lowest BCUT2D eigenvalue weighted by Crippen LogP contribution is -2.05. The second kappa shape index (κ2) is 6.22. The number of carbonyl (C=O) groups is 1. The van der Waals surface area contributed by atoms with Gasteiger partial charge in [0, 0.05) is 17.1 Å². The third kappa shape index (κ3) is 3.59. The molecule has 0 aromatic heterocycles. The summed E-state index contributed by atoms with van der Waals surface area (Å²) in [6.45, 7) is 8.57. The van der Waals surface area contributed by atoms with Crippen LogP contribution in [-0.2, 0) is 4.79 Å². The van der Waals surface area contributed by atoms with E-state index in [2.05, 4.69) is 26.1 Å². The number of ether oxygens (including phenoxy) is 1. The summed E-state index contributed by atoms with van der Waals surface area (Å²) in [4.78, 5) is 14.3. The minimum Gasteiger partial charge on any atom is -0.468 e. The lowest BCUT2D eigenvalue weighted by Gasteiger charge is -2.09. The highest BCUT2D eigenvalue weighted by Crippen LogP contribution is 2.34. The van der Waals surface area contributed by atoms with Crippen LogP contribution in [0.3, 0.4) is 0 Å². The van der Waals surface area contributed by atoms with Gasteiger partial charge in [-0.2, -0.15) is 0 Å². The summed E-state index contributed by atoms with van der Waals surface area (Å²) >= 11 is 3.35. The summed E-state index contributed by atoms with van der Waals surface area (Å²) in [5, 5.41) is 2.68. The molecule has 0 atom stereocenters. The maximum absolute atomic E-state index is 10.9. The fourth-order valence-electron chi connectivity index (χ4n) is 1.60. The smallest absolute Gasteiger partial charge is 0.228 e. The summed E-state index contributed by atoms with van der Waals surface area (Å²) in [6, 6.07) is 12.2. The minimum atomic E-state index is -0.124. The Bertz CT molecular complexity index is 675. The van der Waals surface area contributed by atoms with Crippen molar-refractivity contribution in [3.63, 3.8) is 0 Å². The number of nitrogens with zero attached hydrogens (tertiary/aromatic N) is 1. The van der Waals surface area contributed by atoms with Crippen LogP contribution in [0.1, 0.15) is 6.92 Å². The molecule has 0 aliphatic rings. The lowest BCUT2D eigenvalue weighted by atomic mass is 10.3. The molecule has 0 bridgehead atoms. The van der Waals surface area contributed by atoms with Gasteiger partial charge < -0.3 is 10.1 Å². The number of hydrogen-bond donors (Lipinski definition) is 1. The van der Waals surface area contributed by atoms with Crippen molar-refractivity contribution in [3.05, 3.63) is 58.4 Å². The van der Waals surface area contributed by atoms with Crippen LogP contribution in [0.2, 0.25) is 0 Å². The Balaban J connectivity index is 2.20. The van der Waals surface area contributed by atoms with Crippen LogP contribution >= 0.6 is 15.9 Å². The molecule has 0 heterocycles. The van der Waals surface area contributed by atoms with Gasteiger partial charge in [0.25, 0.3) is 0 Å². The predicted molar refractivity (Wildman–Crippen MR) is 81.2 cm³/mol. The molecule has 0 unspecified atom stereocenters. The van der Waals surface area contributed by atoms with E-state index in [1.54, 1.807) is 42.5 Å². The number of amides is 1. The average Bonchev–Trinajstić information content (AvgIpc) is 2.41. The van der Waals surface area contributed by atoms with E-state index in [1.807, 2.05) is 0 Å². The molecule has 5 heteroatoms. The topological polar surface area (TPSA) is 42.7 Å². The van der Waals surface area contributed by atoms with Crippen molar-refractivity contribution in [1.29, 1.82) is 0 Å². The first-order chi connectivity index (χ1) is 9.58. The molecule has 1 N–H and O–H groups in total. The number of benzene rings is 2. The Morgan fingerprint density at radius 3 is 2.55 bits per heavy atom. The van der Waals surface area contributed by atoms with Crippen LogP contribution in [-0.4, -0.2) is 5.91 Å². The summed E-state index contributed by atoms with van der Waals surface area (Å²) in [7, 11) is 0. The number of hydrogen-bond acceptors (Lipinski definition) is 2. The molecule has 0 aliphatic heterocycles. The maximum Gasteiger partial charge on any atom is 0.228 e. The predicted octanol–water partition coefficient (Wildman–Crippen LogP) is 4.75. The van der Waals surface area contributed by atoms with Crippen molar-refractivity contribution in [2.24, 2.45) is 0 Å². The fraction of sp³-hybridized carbons (Fsp3) is 0.0667. The van der Waals surface area contributed by atoms with Gasteiger partial charge in [0.15, 0.2) is 0 Å². The number of anilines is 1. The highest BCUT2D eigenvalue weighted by Gasteiger charge is 2.06. The third-order valence-electron chi connectivity index (χ3n) is 2.44. The fourth-order valence-corrected chi connectivity index (χ4v) is 1.94. The molecule has 0 saturated heterocycles. The van der Waals surface area contributed by atoms with E-state index in [0.717, 1.165) is 4.47 Å². The standard InChI is InChI=1S/C15H11BrN2O2/c1-10(19)18-12-4-6-13(7-5-12)20-15-9-11(16)3-8-14(15)17-2/h3-9H,1H3,(H,18,19). The van der Waals surface area contributed by atoms with Crippen LogP contribution in [0, 0.1) is 6.57 Å². The SMILES string of the molecule is [C-]#[N+]c1ccc(Br)cc1Oc1ccc(NC(C)=O)cc1. The molecule has 4 nitrogen and oxygen atoms in total. The lowest BCUT2D eigenvalue weighted by molar-refractivity contribution is -0.114. The van der Waals surface area contributed by atoms with Crippen LogP contribution in [0.15, 0.2) is 46.9 Å². The second-order valence-corrected chi connectivity index (χ2v) is 4.95. The molecule has 20 heavy (non-hydrogen) atoms. The Morgan fingerprint density at radius 2 is 1.95 bits per heavy atom. The molecule has 1 amide bonds. The molecule has 0 spiro atoms. The average molecular weight is 331 g/mol. The molecule has 0 radical (unpaired) electrons. The summed E-state index contributed by atoms with van der Waals surface area (Å²) < 4.78 is 6.53. The van der Waals surface area contributed by atoms with E-state index < -0.39 is 0 Å². The Hall–Kier alpha value is -2.32. The zero-order valence-corrected chi connectivity index (χ0v) is 12.3. The number of halogens is 1. The van der Waals surface area contributed by atoms with Gasteiger partial charge >= 0.3 is 0 Å². The molecule has 100 valence electrons. The van der Waals surface area contributed by atoms with Crippen molar-refractivity contribution in [2.75, 3.05) is 5.32 Å².